The molecule has 1 unspecified atom stereocenters. The molecule has 0 saturated carbocycles. The van der Waals surface area contributed by atoms with Crippen molar-refractivity contribution in [3.63, 3.8) is 0 Å². The topological polar surface area (TPSA) is 58.6 Å². The predicted octanol–water partition coefficient (Wildman–Crippen LogP) is 2.54. The molecule has 130 valence electrons. The highest BCUT2D eigenvalue weighted by molar-refractivity contribution is 5.95. The van der Waals surface area contributed by atoms with Gasteiger partial charge in [0.15, 0.2) is 6.61 Å². The molecular formula is C20H22N2O3. The molecule has 1 atom stereocenters. The Morgan fingerprint density at radius 3 is 2.64 bits per heavy atom. The third kappa shape index (κ3) is 4.38. The van der Waals surface area contributed by atoms with Crippen molar-refractivity contribution in [3.8, 4) is 5.75 Å². The lowest BCUT2D eigenvalue weighted by Gasteiger charge is -2.17. The Labute approximate surface area is 147 Å². The molecule has 1 heterocycles. The van der Waals surface area contributed by atoms with E-state index >= 15 is 0 Å². The second-order valence-corrected chi connectivity index (χ2v) is 6.27. The Kier molecular flexibility index (Phi) is 5.33. The molecule has 1 N–H and O–H groups in total. The third-order valence-electron chi connectivity index (χ3n) is 4.31. The Morgan fingerprint density at radius 1 is 1.16 bits per heavy atom. The van der Waals surface area contributed by atoms with E-state index in [1.165, 1.54) is 0 Å². The van der Waals surface area contributed by atoms with Crippen LogP contribution in [-0.4, -0.2) is 31.5 Å². The van der Waals surface area contributed by atoms with Crippen molar-refractivity contribution in [1.29, 1.82) is 0 Å². The molecule has 1 aliphatic heterocycles. The normalized spacial score (nSPS) is 16.8. The van der Waals surface area contributed by atoms with Crippen LogP contribution in [0.1, 0.15) is 12.0 Å². The lowest BCUT2D eigenvalue weighted by Crippen LogP contribution is -2.34. The second-order valence-electron chi connectivity index (χ2n) is 6.27. The van der Waals surface area contributed by atoms with Crippen LogP contribution in [0.5, 0.6) is 5.75 Å². The summed E-state index contributed by atoms with van der Waals surface area (Å²) in [4.78, 5) is 25.9. The first-order valence-electron chi connectivity index (χ1n) is 8.44. The molecule has 0 aliphatic carbocycles. The number of nitrogens with one attached hydrogen (secondary N) is 1. The number of hydrogen-bond donors (Lipinski definition) is 1. The first-order chi connectivity index (χ1) is 12.1. The zero-order valence-corrected chi connectivity index (χ0v) is 14.3. The van der Waals surface area contributed by atoms with Crippen molar-refractivity contribution >= 4 is 17.5 Å². The van der Waals surface area contributed by atoms with E-state index in [0.29, 0.717) is 25.3 Å². The number of anilines is 1. The monoisotopic (exact) mass is 338 g/mol. The maximum atomic E-state index is 12.2. The Bertz CT molecular complexity index is 746. The molecule has 1 aliphatic rings. The molecule has 0 bridgehead atoms. The van der Waals surface area contributed by atoms with Gasteiger partial charge in [-0.3, -0.25) is 9.59 Å². The highest BCUT2D eigenvalue weighted by Gasteiger charge is 2.30. The van der Waals surface area contributed by atoms with E-state index in [4.69, 9.17) is 4.74 Å². The first kappa shape index (κ1) is 17.0. The van der Waals surface area contributed by atoms with E-state index in [-0.39, 0.29) is 24.3 Å². The summed E-state index contributed by atoms with van der Waals surface area (Å²) in [6.07, 6.45) is 0.452. The number of para-hydroxylation sites is 2. The molecule has 0 aromatic heterocycles. The number of amides is 2. The molecular weight excluding hydrogens is 316 g/mol. The largest absolute Gasteiger partial charge is 0.484 e. The lowest BCUT2D eigenvalue weighted by atomic mass is 10.1. The number of rotatable bonds is 6. The minimum Gasteiger partial charge on any atom is -0.484 e. The van der Waals surface area contributed by atoms with Gasteiger partial charge in [-0.15, -0.1) is 0 Å². The van der Waals surface area contributed by atoms with Crippen LogP contribution in [0.25, 0.3) is 0 Å². The van der Waals surface area contributed by atoms with Crippen LogP contribution >= 0.6 is 0 Å². The molecule has 1 saturated heterocycles. The SMILES string of the molecule is Cc1ccccc1OCC(=O)NCC1CC(=O)N(c2ccccc2)C1. The Balaban J connectivity index is 1.45. The molecule has 5 heteroatoms. The van der Waals surface area contributed by atoms with Gasteiger partial charge in [-0.25, -0.2) is 0 Å². The Hall–Kier alpha value is -2.82. The maximum absolute atomic E-state index is 12.2. The smallest absolute Gasteiger partial charge is 0.257 e. The van der Waals surface area contributed by atoms with Gasteiger partial charge in [-0.2, -0.15) is 0 Å². The van der Waals surface area contributed by atoms with Crippen LogP contribution in [0.15, 0.2) is 54.6 Å². The molecule has 25 heavy (non-hydrogen) atoms. The molecule has 5 nitrogen and oxygen atoms in total. The summed E-state index contributed by atoms with van der Waals surface area (Å²) in [6, 6.07) is 17.2. The lowest BCUT2D eigenvalue weighted by molar-refractivity contribution is -0.123. The van der Waals surface area contributed by atoms with Gasteiger partial charge < -0.3 is 15.0 Å². The van der Waals surface area contributed by atoms with Crippen molar-refractivity contribution in [1.82, 2.24) is 5.32 Å². The average molecular weight is 338 g/mol. The summed E-state index contributed by atoms with van der Waals surface area (Å²) in [5, 5.41) is 2.86. The van der Waals surface area contributed by atoms with Gasteiger partial charge in [-0.1, -0.05) is 36.4 Å². The fourth-order valence-electron chi connectivity index (χ4n) is 2.95. The van der Waals surface area contributed by atoms with Crippen LogP contribution in [-0.2, 0) is 9.59 Å². The number of benzene rings is 2. The minimum absolute atomic E-state index is 0.0199. The maximum Gasteiger partial charge on any atom is 0.257 e. The van der Waals surface area contributed by atoms with E-state index < -0.39 is 0 Å². The van der Waals surface area contributed by atoms with Gasteiger partial charge >= 0.3 is 0 Å². The summed E-state index contributed by atoms with van der Waals surface area (Å²) >= 11 is 0. The number of nitrogens with zero attached hydrogens (tertiary/aromatic N) is 1. The van der Waals surface area contributed by atoms with Gasteiger partial charge in [0.1, 0.15) is 5.75 Å². The van der Waals surface area contributed by atoms with Gasteiger partial charge in [0, 0.05) is 31.1 Å². The molecule has 2 aromatic carbocycles. The molecule has 2 aromatic rings. The summed E-state index contributed by atoms with van der Waals surface area (Å²) in [6.45, 7) is 3.02. The van der Waals surface area contributed by atoms with Crippen LogP contribution in [0, 0.1) is 12.8 Å². The van der Waals surface area contributed by atoms with Crippen molar-refractivity contribution in [3.05, 3.63) is 60.2 Å². The first-order valence-corrected chi connectivity index (χ1v) is 8.44. The fraction of sp³-hybridized carbons (Fsp3) is 0.300. The number of hydrogen-bond acceptors (Lipinski definition) is 3. The van der Waals surface area contributed by atoms with E-state index in [9.17, 15) is 9.59 Å². The van der Waals surface area contributed by atoms with Gasteiger partial charge in [0.2, 0.25) is 5.91 Å². The predicted molar refractivity (Wildman–Crippen MR) is 96.6 cm³/mol. The van der Waals surface area contributed by atoms with Gasteiger partial charge in [0.05, 0.1) is 0 Å². The summed E-state index contributed by atoms with van der Waals surface area (Å²) in [7, 11) is 0. The average Bonchev–Trinajstić information content (AvgIpc) is 3.01. The van der Waals surface area contributed by atoms with E-state index in [1.54, 1.807) is 4.90 Å². The number of carbonyl (C=O) groups is 2. The second kappa shape index (κ2) is 7.83. The summed E-state index contributed by atoms with van der Waals surface area (Å²) < 4.78 is 5.54. The standard InChI is InChI=1S/C20H22N2O3/c1-15-7-5-6-10-18(15)25-14-19(23)21-12-16-11-20(24)22(13-16)17-8-3-2-4-9-17/h2-10,16H,11-14H2,1H3,(H,21,23). The van der Waals surface area contributed by atoms with Crippen molar-refractivity contribution in [2.45, 2.75) is 13.3 Å². The molecule has 1 fully saturated rings. The van der Waals surface area contributed by atoms with Crippen LogP contribution < -0.4 is 15.0 Å². The van der Waals surface area contributed by atoms with E-state index in [2.05, 4.69) is 5.32 Å². The molecule has 2 amide bonds. The zero-order chi connectivity index (χ0) is 17.6. The number of ether oxygens (including phenoxy) is 1. The minimum atomic E-state index is -0.172. The molecule has 0 spiro atoms. The quantitative estimate of drug-likeness (QED) is 0.880. The van der Waals surface area contributed by atoms with Crippen molar-refractivity contribution < 1.29 is 14.3 Å². The van der Waals surface area contributed by atoms with Crippen LogP contribution in [0.2, 0.25) is 0 Å². The Morgan fingerprint density at radius 2 is 1.88 bits per heavy atom. The van der Waals surface area contributed by atoms with E-state index in [0.717, 1.165) is 11.3 Å². The van der Waals surface area contributed by atoms with Crippen molar-refractivity contribution in [2.75, 3.05) is 24.6 Å². The van der Waals surface area contributed by atoms with Gasteiger partial charge in [-0.05, 0) is 30.7 Å². The molecule has 0 radical (unpaired) electrons. The number of carbonyl (C=O) groups excluding carboxylic acids is 2. The highest BCUT2D eigenvalue weighted by atomic mass is 16.5. The third-order valence-corrected chi connectivity index (χ3v) is 4.31. The fourth-order valence-corrected chi connectivity index (χ4v) is 2.95. The molecule has 3 rings (SSSR count). The number of aryl methyl sites for hydroxylation is 1. The zero-order valence-electron chi connectivity index (χ0n) is 14.3. The van der Waals surface area contributed by atoms with E-state index in [1.807, 2.05) is 61.5 Å². The summed E-state index contributed by atoms with van der Waals surface area (Å²) in [5.74, 6) is 0.759. The van der Waals surface area contributed by atoms with Crippen LogP contribution in [0.3, 0.4) is 0 Å². The van der Waals surface area contributed by atoms with Crippen LogP contribution in [0.4, 0.5) is 5.69 Å². The summed E-state index contributed by atoms with van der Waals surface area (Å²) in [5.41, 5.74) is 1.90. The van der Waals surface area contributed by atoms with Crippen molar-refractivity contribution in [2.24, 2.45) is 5.92 Å². The van der Waals surface area contributed by atoms with Gasteiger partial charge in [0.25, 0.3) is 5.91 Å². The highest BCUT2D eigenvalue weighted by Crippen LogP contribution is 2.24.